The Hall–Kier alpha value is -2.82. The molecule has 128 valence electrons. The summed E-state index contributed by atoms with van der Waals surface area (Å²) in [6, 6.07) is 6.32. The Morgan fingerprint density at radius 3 is 2.42 bits per heavy atom. The third-order valence-electron chi connectivity index (χ3n) is 3.57. The van der Waals surface area contributed by atoms with Crippen LogP contribution in [0.15, 0.2) is 18.2 Å². The van der Waals surface area contributed by atoms with Gasteiger partial charge >= 0.3 is 6.09 Å². The zero-order valence-electron chi connectivity index (χ0n) is 14.0. The fraction of sp³-hybridized carbons (Fsp3) is 0.500. The molecule has 0 aliphatic carbocycles. The van der Waals surface area contributed by atoms with Gasteiger partial charge in [-0.2, -0.15) is 5.26 Å². The van der Waals surface area contributed by atoms with E-state index in [1.54, 1.807) is 37.8 Å². The highest BCUT2D eigenvalue weighted by atomic mass is 16.6. The standard InChI is InChI=1S/C16H20N4O4/c1-16(2,3)24-15(21)19-8-6-18(7-9-19)13-5-4-12(11-17)10-14(13)20(22)23/h4-5,10H,6-9H2,1-3H3. The second-order valence-electron chi connectivity index (χ2n) is 6.53. The fourth-order valence-electron chi connectivity index (χ4n) is 2.46. The van der Waals surface area contributed by atoms with Crippen LogP contribution in [0.1, 0.15) is 26.3 Å². The van der Waals surface area contributed by atoms with Crippen molar-refractivity contribution in [3.8, 4) is 6.07 Å². The van der Waals surface area contributed by atoms with Crippen molar-refractivity contribution in [2.75, 3.05) is 31.1 Å². The van der Waals surface area contributed by atoms with Crippen molar-refractivity contribution in [2.45, 2.75) is 26.4 Å². The number of benzene rings is 1. The maximum atomic E-state index is 12.1. The number of ether oxygens (including phenoxy) is 1. The van der Waals surface area contributed by atoms with Crippen molar-refractivity contribution in [1.82, 2.24) is 4.90 Å². The molecule has 8 nitrogen and oxygen atoms in total. The van der Waals surface area contributed by atoms with Crippen molar-refractivity contribution in [3.63, 3.8) is 0 Å². The number of carbonyl (C=O) groups is 1. The van der Waals surface area contributed by atoms with E-state index in [0.717, 1.165) is 0 Å². The summed E-state index contributed by atoms with van der Waals surface area (Å²) < 4.78 is 5.33. The van der Waals surface area contributed by atoms with Gasteiger partial charge in [-0.3, -0.25) is 10.1 Å². The highest BCUT2D eigenvalue weighted by Gasteiger charge is 2.28. The van der Waals surface area contributed by atoms with Crippen LogP contribution in [0.5, 0.6) is 0 Å². The van der Waals surface area contributed by atoms with E-state index in [2.05, 4.69) is 0 Å². The lowest BCUT2D eigenvalue weighted by molar-refractivity contribution is -0.384. The minimum absolute atomic E-state index is 0.0974. The molecule has 8 heteroatoms. The smallest absolute Gasteiger partial charge is 0.410 e. The molecular formula is C16H20N4O4. The Morgan fingerprint density at radius 2 is 1.92 bits per heavy atom. The van der Waals surface area contributed by atoms with E-state index in [4.69, 9.17) is 10.00 Å². The number of carbonyl (C=O) groups excluding carboxylic acids is 1. The van der Waals surface area contributed by atoms with Crippen molar-refractivity contribution >= 4 is 17.5 Å². The van der Waals surface area contributed by atoms with Crippen LogP contribution in [0.3, 0.4) is 0 Å². The number of nitro groups is 1. The molecule has 0 saturated carbocycles. The minimum atomic E-state index is -0.555. The average molecular weight is 332 g/mol. The first kappa shape index (κ1) is 17.5. The summed E-state index contributed by atoms with van der Waals surface area (Å²) >= 11 is 0. The van der Waals surface area contributed by atoms with Crippen LogP contribution < -0.4 is 4.90 Å². The van der Waals surface area contributed by atoms with Crippen LogP contribution in [-0.4, -0.2) is 47.7 Å². The molecule has 0 aromatic heterocycles. The van der Waals surface area contributed by atoms with Gasteiger partial charge in [0.1, 0.15) is 11.3 Å². The third kappa shape index (κ3) is 4.13. The molecular weight excluding hydrogens is 312 g/mol. The number of hydrogen-bond acceptors (Lipinski definition) is 6. The van der Waals surface area contributed by atoms with Crippen LogP contribution >= 0.6 is 0 Å². The lowest BCUT2D eigenvalue weighted by atomic mass is 10.1. The van der Waals surface area contributed by atoms with E-state index in [1.165, 1.54) is 6.07 Å². The van der Waals surface area contributed by atoms with Gasteiger partial charge in [-0.25, -0.2) is 4.79 Å². The highest BCUT2D eigenvalue weighted by Crippen LogP contribution is 2.30. The number of nitriles is 1. The Balaban J connectivity index is 2.09. The molecule has 1 saturated heterocycles. The molecule has 24 heavy (non-hydrogen) atoms. The van der Waals surface area contributed by atoms with E-state index in [-0.39, 0.29) is 17.3 Å². The molecule has 1 aromatic carbocycles. The molecule has 1 aromatic rings. The second kappa shape index (κ2) is 6.74. The molecule has 1 fully saturated rings. The van der Waals surface area contributed by atoms with Gasteiger partial charge in [-0.05, 0) is 32.9 Å². The number of nitro benzene ring substituents is 1. The molecule has 0 unspecified atom stereocenters. The monoisotopic (exact) mass is 332 g/mol. The minimum Gasteiger partial charge on any atom is -0.444 e. The Labute approximate surface area is 140 Å². The molecule has 0 atom stereocenters. The topological polar surface area (TPSA) is 99.7 Å². The van der Waals surface area contributed by atoms with Gasteiger partial charge in [0.05, 0.1) is 16.6 Å². The summed E-state index contributed by atoms with van der Waals surface area (Å²) in [5, 5.41) is 20.1. The molecule has 1 aliphatic heterocycles. The van der Waals surface area contributed by atoms with Crippen LogP contribution in [0.25, 0.3) is 0 Å². The first-order chi connectivity index (χ1) is 11.2. The SMILES string of the molecule is CC(C)(C)OC(=O)N1CCN(c2ccc(C#N)cc2[N+](=O)[O-])CC1. The lowest BCUT2D eigenvalue weighted by Gasteiger charge is -2.36. The maximum Gasteiger partial charge on any atom is 0.410 e. The van der Waals surface area contributed by atoms with Crippen molar-refractivity contribution in [3.05, 3.63) is 33.9 Å². The van der Waals surface area contributed by atoms with Gasteiger partial charge < -0.3 is 14.5 Å². The summed E-state index contributed by atoms with van der Waals surface area (Å²) in [6.07, 6.45) is -0.378. The Kier molecular flexibility index (Phi) is 4.93. The molecule has 1 aliphatic rings. The first-order valence-corrected chi connectivity index (χ1v) is 7.62. The predicted octanol–water partition coefficient (Wildman–Crippen LogP) is 2.52. The van der Waals surface area contributed by atoms with Gasteiger partial charge in [0.15, 0.2) is 0 Å². The number of rotatable bonds is 2. The number of anilines is 1. The van der Waals surface area contributed by atoms with Gasteiger partial charge in [-0.15, -0.1) is 0 Å². The molecule has 0 bridgehead atoms. The van der Waals surface area contributed by atoms with Crippen molar-refractivity contribution in [2.24, 2.45) is 0 Å². The van der Waals surface area contributed by atoms with Gasteiger partial charge in [-0.1, -0.05) is 0 Å². The first-order valence-electron chi connectivity index (χ1n) is 7.62. The normalized spacial score (nSPS) is 14.9. The number of piperazine rings is 1. The van der Waals surface area contributed by atoms with Crippen molar-refractivity contribution in [1.29, 1.82) is 5.26 Å². The summed E-state index contributed by atoms with van der Waals surface area (Å²) in [4.78, 5) is 26.3. The summed E-state index contributed by atoms with van der Waals surface area (Å²) in [5.41, 5.74) is 0.0561. The van der Waals surface area contributed by atoms with E-state index < -0.39 is 10.5 Å². The van der Waals surface area contributed by atoms with E-state index in [1.807, 2.05) is 11.0 Å². The van der Waals surface area contributed by atoms with Crippen molar-refractivity contribution < 1.29 is 14.5 Å². The molecule has 0 radical (unpaired) electrons. The van der Waals surface area contributed by atoms with E-state index >= 15 is 0 Å². The molecule has 1 amide bonds. The predicted molar refractivity (Wildman–Crippen MR) is 87.8 cm³/mol. The highest BCUT2D eigenvalue weighted by molar-refractivity contribution is 5.70. The summed E-state index contributed by atoms with van der Waals surface area (Å²) in [7, 11) is 0. The zero-order valence-corrected chi connectivity index (χ0v) is 14.0. The number of nitrogens with zero attached hydrogens (tertiary/aromatic N) is 4. The van der Waals surface area contributed by atoms with Crippen LogP contribution in [-0.2, 0) is 4.74 Å². The maximum absolute atomic E-state index is 12.1. The van der Waals surface area contributed by atoms with Crippen LogP contribution in [0, 0.1) is 21.4 Å². The van der Waals surface area contributed by atoms with Crippen LogP contribution in [0.2, 0.25) is 0 Å². The molecule has 0 N–H and O–H groups in total. The quantitative estimate of drug-likeness (QED) is 0.609. The third-order valence-corrected chi connectivity index (χ3v) is 3.57. The molecule has 2 rings (SSSR count). The van der Waals surface area contributed by atoms with Crippen LogP contribution in [0.4, 0.5) is 16.2 Å². The Bertz CT molecular complexity index is 682. The van der Waals surface area contributed by atoms with E-state index in [9.17, 15) is 14.9 Å². The summed E-state index contributed by atoms with van der Waals surface area (Å²) in [5.74, 6) is 0. The fourth-order valence-corrected chi connectivity index (χ4v) is 2.46. The van der Waals surface area contributed by atoms with Gasteiger partial charge in [0.2, 0.25) is 0 Å². The molecule has 1 heterocycles. The average Bonchev–Trinajstić information content (AvgIpc) is 2.52. The number of hydrogen-bond donors (Lipinski definition) is 0. The largest absolute Gasteiger partial charge is 0.444 e. The zero-order chi connectivity index (χ0) is 17.9. The van der Waals surface area contributed by atoms with Gasteiger partial charge in [0, 0.05) is 32.2 Å². The second-order valence-corrected chi connectivity index (χ2v) is 6.53. The van der Waals surface area contributed by atoms with E-state index in [0.29, 0.717) is 31.9 Å². The van der Waals surface area contributed by atoms with Gasteiger partial charge in [0.25, 0.3) is 5.69 Å². The molecule has 0 spiro atoms. The lowest BCUT2D eigenvalue weighted by Crippen LogP contribution is -2.50. The Morgan fingerprint density at radius 1 is 1.29 bits per heavy atom. The number of amides is 1. The summed E-state index contributed by atoms with van der Waals surface area (Å²) in [6.45, 7) is 7.19.